The second kappa shape index (κ2) is 6.44. The zero-order valence-corrected chi connectivity index (χ0v) is 17.7. The van der Waals surface area contributed by atoms with Gasteiger partial charge in [-0.05, 0) is 56.2 Å². The molecule has 2 amide bonds. The SMILES string of the molecule is CCN1C(=O)[C@]2(CC(=O)Nc3c2cnn3-c2ccc(C)cc2C)c2cc(Cl)ccc21. The zero-order valence-electron chi connectivity index (χ0n) is 17.0. The third kappa shape index (κ3) is 2.40. The van der Waals surface area contributed by atoms with Crippen molar-refractivity contribution < 1.29 is 9.59 Å². The number of fused-ring (bicyclic) bond motifs is 4. The molecule has 0 aliphatic carbocycles. The number of rotatable bonds is 2. The van der Waals surface area contributed by atoms with Crippen LogP contribution < -0.4 is 10.2 Å². The summed E-state index contributed by atoms with van der Waals surface area (Å²) in [4.78, 5) is 28.3. The number of aromatic nitrogens is 2. The average molecular weight is 421 g/mol. The molecular weight excluding hydrogens is 400 g/mol. The molecule has 0 saturated heterocycles. The molecule has 2 aliphatic rings. The standard InChI is InChI=1S/C23H21ClN4O2/c1-4-27-19-8-6-15(24)10-16(19)23(22(27)30)11-20(29)26-21-17(23)12-25-28(21)18-7-5-13(2)9-14(18)3/h5-10,12H,4,11H2,1-3H3,(H,26,29)/t23-/m1/s1. The lowest BCUT2D eigenvalue weighted by Gasteiger charge is -2.32. The maximum absolute atomic E-state index is 13.7. The Labute approximate surface area is 179 Å². The molecule has 6 nitrogen and oxygen atoms in total. The molecule has 0 unspecified atom stereocenters. The molecule has 152 valence electrons. The van der Waals surface area contributed by atoms with Crippen LogP contribution in [0.5, 0.6) is 0 Å². The van der Waals surface area contributed by atoms with Gasteiger partial charge in [-0.3, -0.25) is 9.59 Å². The van der Waals surface area contributed by atoms with Gasteiger partial charge < -0.3 is 10.2 Å². The molecule has 0 bridgehead atoms. The summed E-state index contributed by atoms with van der Waals surface area (Å²) in [6.45, 7) is 6.48. The Balaban J connectivity index is 1.79. The number of hydrogen-bond donors (Lipinski definition) is 1. The van der Waals surface area contributed by atoms with E-state index in [4.69, 9.17) is 11.6 Å². The van der Waals surface area contributed by atoms with Crippen LogP contribution in [0, 0.1) is 13.8 Å². The summed E-state index contributed by atoms with van der Waals surface area (Å²) in [6, 6.07) is 11.5. The van der Waals surface area contributed by atoms with Crippen LogP contribution in [0.2, 0.25) is 5.02 Å². The predicted molar refractivity (Wildman–Crippen MR) is 117 cm³/mol. The first-order chi connectivity index (χ1) is 14.4. The average Bonchev–Trinajstić information content (AvgIpc) is 3.21. The normalized spacial score (nSPS) is 19.8. The lowest BCUT2D eigenvalue weighted by atomic mass is 9.72. The summed E-state index contributed by atoms with van der Waals surface area (Å²) < 4.78 is 1.72. The zero-order chi connectivity index (χ0) is 21.2. The van der Waals surface area contributed by atoms with Gasteiger partial charge in [0, 0.05) is 29.2 Å². The number of anilines is 2. The van der Waals surface area contributed by atoms with Crippen molar-refractivity contribution in [3.05, 3.63) is 69.9 Å². The van der Waals surface area contributed by atoms with E-state index in [0.29, 0.717) is 22.9 Å². The summed E-state index contributed by atoms with van der Waals surface area (Å²) in [5, 5.41) is 8.08. The number of nitrogens with one attached hydrogen (secondary N) is 1. The Bertz CT molecular complexity index is 1230. The number of hydrogen-bond acceptors (Lipinski definition) is 3. The van der Waals surface area contributed by atoms with E-state index in [1.807, 2.05) is 39.0 Å². The van der Waals surface area contributed by atoms with Crippen molar-refractivity contribution in [2.75, 3.05) is 16.8 Å². The van der Waals surface area contributed by atoms with Gasteiger partial charge in [0.1, 0.15) is 11.2 Å². The number of amides is 2. The van der Waals surface area contributed by atoms with Gasteiger partial charge in [0.15, 0.2) is 0 Å². The molecule has 0 saturated carbocycles. The van der Waals surface area contributed by atoms with Crippen LogP contribution >= 0.6 is 11.6 Å². The molecule has 0 fully saturated rings. The number of carbonyl (C=O) groups excluding carboxylic acids is 2. The fraction of sp³-hybridized carbons (Fsp3) is 0.261. The van der Waals surface area contributed by atoms with Gasteiger partial charge in [-0.1, -0.05) is 29.3 Å². The van der Waals surface area contributed by atoms with E-state index in [9.17, 15) is 9.59 Å². The van der Waals surface area contributed by atoms with Gasteiger partial charge in [-0.25, -0.2) is 4.68 Å². The van der Waals surface area contributed by atoms with Gasteiger partial charge in [-0.15, -0.1) is 0 Å². The highest BCUT2D eigenvalue weighted by Crippen LogP contribution is 2.53. The van der Waals surface area contributed by atoms with Crippen LogP contribution in [0.3, 0.4) is 0 Å². The Morgan fingerprint density at radius 1 is 1.10 bits per heavy atom. The number of aryl methyl sites for hydroxylation is 2. The van der Waals surface area contributed by atoms with Gasteiger partial charge in [0.05, 0.1) is 11.9 Å². The molecule has 30 heavy (non-hydrogen) atoms. The van der Waals surface area contributed by atoms with Crippen molar-refractivity contribution >= 4 is 34.9 Å². The lowest BCUT2D eigenvalue weighted by molar-refractivity contribution is -0.126. The van der Waals surface area contributed by atoms with Crippen LogP contribution in [0.1, 0.15) is 35.6 Å². The molecule has 2 aromatic carbocycles. The Kier molecular flexibility index (Phi) is 4.05. The minimum atomic E-state index is -1.12. The third-order valence-electron chi connectivity index (χ3n) is 6.13. The van der Waals surface area contributed by atoms with Crippen LogP contribution in [0.4, 0.5) is 11.5 Å². The predicted octanol–water partition coefficient (Wildman–Crippen LogP) is 4.14. The number of benzene rings is 2. The third-order valence-corrected chi connectivity index (χ3v) is 6.36. The van der Waals surface area contributed by atoms with Crippen molar-refractivity contribution in [2.45, 2.75) is 32.6 Å². The molecule has 3 aromatic rings. The minimum Gasteiger partial charge on any atom is -0.311 e. The van der Waals surface area contributed by atoms with E-state index < -0.39 is 5.41 Å². The van der Waals surface area contributed by atoms with Crippen LogP contribution in [0.25, 0.3) is 5.69 Å². The van der Waals surface area contributed by atoms with E-state index in [-0.39, 0.29) is 18.2 Å². The summed E-state index contributed by atoms with van der Waals surface area (Å²) >= 11 is 6.31. The van der Waals surface area contributed by atoms with Crippen molar-refractivity contribution in [1.29, 1.82) is 0 Å². The van der Waals surface area contributed by atoms with Crippen molar-refractivity contribution in [3.63, 3.8) is 0 Å². The molecule has 0 radical (unpaired) electrons. The largest absolute Gasteiger partial charge is 0.311 e. The molecular formula is C23H21ClN4O2. The second-order valence-corrected chi connectivity index (χ2v) is 8.39. The highest BCUT2D eigenvalue weighted by molar-refractivity contribution is 6.31. The minimum absolute atomic E-state index is 0.0290. The smallest absolute Gasteiger partial charge is 0.242 e. The van der Waals surface area contributed by atoms with Crippen molar-refractivity contribution in [2.24, 2.45) is 0 Å². The lowest BCUT2D eigenvalue weighted by Crippen LogP contribution is -2.46. The molecule has 1 spiro atoms. The van der Waals surface area contributed by atoms with Crippen molar-refractivity contribution in [1.82, 2.24) is 9.78 Å². The first kappa shape index (κ1) is 18.9. The Morgan fingerprint density at radius 3 is 2.60 bits per heavy atom. The fourth-order valence-electron chi connectivity index (χ4n) is 4.80. The molecule has 3 heterocycles. The first-order valence-corrected chi connectivity index (χ1v) is 10.3. The summed E-state index contributed by atoms with van der Waals surface area (Å²) in [7, 11) is 0. The highest BCUT2D eigenvalue weighted by Gasteiger charge is 2.57. The molecule has 1 atom stereocenters. The maximum atomic E-state index is 13.7. The van der Waals surface area contributed by atoms with Crippen LogP contribution in [-0.2, 0) is 15.0 Å². The second-order valence-electron chi connectivity index (χ2n) is 7.95. The number of likely N-dealkylation sites (N-methyl/N-ethyl adjacent to an activating group) is 1. The van der Waals surface area contributed by atoms with Crippen LogP contribution in [0.15, 0.2) is 42.6 Å². The van der Waals surface area contributed by atoms with Crippen LogP contribution in [-0.4, -0.2) is 28.1 Å². The molecule has 1 N–H and O–H groups in total. The van der Waals surface area contributed by atoms with Gasteiger partial charge in [0.25, 0.3) is 0 Å². The monoisotopic (exact) mass is 420 g/mol. The molecule has 5 rings (SSSR count). The van der Waals surface area contributed by atoms with Gasteiger partial charge in [-0.2, -0.15) is 5.10 Å². The quantitative estimate of drug-likeness (QED) is 0.677. The Morgan fingerprint density at radius 2 is 1.87 bits per heavy atom. The van der Waals surface area contributed by atoms with E-state index in [1.54, 1.807) is 27.9 Å². The van der Waals surface area contributed by atoms with Gasteiger partial charge >= 0.3 is 0 Å². The summed E-state index contributed by atoms with van der Waals surface area (Å²) in [6.07, 6.45) is 1.73. The molecule has 7 heteroatoms. The van der Waals surface area contributed by atoms with E-state index in [0.717, 1.165) is 28.1 Å². The van der Waals surface area contributed by atoms with Gasteiger partial charge in [0.2, 0.25) is 11.8 Å². The number of carbonyl (C=O) groups is 2. The van der Waals surface area contributed by atoms with E-state index in [1.165, 1.54) is 0 Å². The first-order valence-electron chi connectivity index (χ1n) is 9.95. The topological polar surface area (TPSA) is 67.2 Å². The fourth-order valence-corrected chi connectivity index (χ4v) is 4.98. The molecule has 1 aromatic heterocycles. The Hall–Kier alpha value is -3.12. The molecule has 2 aliphatic heterocycles. The van der Waals surface area contributed by atoms with E-state index in [2.05, 4.69) is 16.5 Å². The summed E-state index contributed by atoms with van der Waals surface area (Å²) in [5.41, 5.74) is 4.18. The number of nitrogens with zero attached hydrogens (tertiary/aromatic N) is 3. The highest BCUT2D eigenvalue weighted by atomic mass is 35.5. The summed E-state index contributed by atoms with van der Waals surface area (Å²) in [5.74, 6) is 0.209. The van der Waals surface area contributed by atoms with E-state index >= 15 is 0 Å². The number of halogens is 1. The maximum Gasteiger partial charge on any atom is 0.242 e. The van der Waals surface area contributed by atoms with Crippen molar-refractivity contribution in [3.8, 4) is 5.69 Å².